The second kappa shape index (κ2) is 8.87. The van der Waals surface area contributed by atoms with Gasteiger partial charge in [0.15, 0.2) is 0 Å². The fraction of sp³-hybridized carbons (Fsp3) is 0.500. The summed E-state index contributed by atoms with van der Waals surface area (Å²) in [7, 11) is 1.57. The topological polar surface area (TPSA) is 93.6 Å². The van der Waals surface area contributed by atoms with Crippen LogP contribution < -0.4 is 10.5 Å². The lowest BCUT2D eigenvalue weighted by molar-refractivity contribution is -0.136. The highest BCUT2D eigenvalue weighted by Gasteiger charge is 2.34. The van der Waals surface area contributed by atoms with Crippen LogP contribution in [-0.4, -0.2) is 50.9 Å². The van der Waals surface area contributed by atoms with Gasteiger partial charge in [0, 0.05) is 25.0 Å². The molecule has 0 bridgehead atoms. The third kappa shape index (κ3) is 3.84. The first-order valence-electron chi connectivity index (χ1n) is 9.62. The highest BCUT2D eigenvalue weighted by molar-refractivity contribution is 7.80. The lowest BCUT2D eigenvalue weighted by Crippen LogP contribution is -2.50. The Labute approximate surface area is 170 Å². The Morgan fingerprint density at radius 1 is 1.46 bits per heavy atom. The van der Waals surface area contributed by atoms with Crippen molar-refractivity contribution in [1.82, 2.24) is 14.5 Å². The van der Waals surface area contributed by atoms with Crippen molar-refractivity contribution in [2.45, 2.75) is 44.8 Å². The van der Waals surface area contributed by atoms with Crippen molar-refractivity contribution in [1.29, 1.82) is 0 Å². The smallest absolute Gasteiger partial charge is 0.241 e. The number of methoxy groups -OCH3 is 1. The van der Waals surface area contributed by atoms with Crippen molar-refractivity contribution < 1.29 is 14.6 Å². The number of nitrogens with zero attached hydrogens (tertiary/aromatic N) is 3. The first-order chi connectivity index (χ1) is 13.5. The molecule has 0 aliphatic carbocycles. The Balaban J connectivity index is 2.02. The summed E-state index contributed by atoms with van der Waals surface area (Å²) >= 11 is 4.18. The number of aromatic hydroxyl groups is 1. The zero-order chi connectivity index (χ0) is 20.3. The number of hydrogen-bond acceptors (Lipinski definition) is 6. The van der Waals surface area contributed by atoms with Crippen LogP contribution in [0.2, 0.25) is 0 Å². The fourth-order valence-electron chi connectivity index (χ4n) is 3.69. The molecule has 28 heavy (non-hydrogen) atoms. The number of hydrogen-bond donors (Lipinski definition) is 3. The number of nitrogens with two attached hydrogens (primary N) is 1. The molecular formula is C20H28N4O3S. The molecule has 0 fully saturated rings. The number of thiol groups is 1. The van der Waals surface area contributed by atoms with Crippen LogP contribution in [0.15, 0.2) is 24.4 Å². The highest BCUT2D eigenvalue weighted by Crippen LogP contribution is 2.39. The largest absolute Gasteiger partial charge is 0.507 e. The molecule has 0 radical (unpaired) electrons. The normalized spacial score (nSPS) is 17.3. The number of unbranched alkanes of at least 4 members (excludes halogenated alkanes) is 1. The molecule has 2 aromatic rings. The van der Waals surface area contributed by atoms with Crippen LogP contribution in [0.3, 0.4) is 0 Å². The molecule has 1 aromatic heterocycles. The van der Waals surface area contributed by atoms with E-state index in [9.17, 15) is 9.90 Å². The van der Waals surface area contributed by atoms with Gasteiger partial charge in [-0.1, -0.05) is 25.8 Å². The van der Waals surface area contributed by atoms with Gasteiger partial charge in [0.05, 0.1) is 30.5 Å². The summed E-state index contributed by atoms with van der Waals surface area (Å²) in [4.78, 5) is 19.4. The second-order valence-corrected chi connectivity index (χ2v) is 7.38. The van der Waals surface area contributed by atoms with Gasteiger partial charge in [-0.2, -0.15) is 12.6 Å². The average Bonchev–Trinajstić information content (AvgIpc) is 3.14. The Kier molecular flexibility index (Phi) is 6.51. The number of carbonyl (C=O) groups is 1. The maximum absolute atomic E-state index is 12.8. The number of amides is 1. The number of aromatic nitrogens is 2. The SMILES string of the molecule is CCCC[C@H]1c2nc(-c3c(O)cccc3OC)cn2CCN1C(=O)[C@@H](N)CS. The number of rotatable bonds is 7. The molecule has 1 aromatic carbocycles. The number of ether oxygens (including phenoxy) is 1. The van der Waals surface area contributed by atoms with Crippen molar-refractivity contribution in [2.75, 3.05) is 19.4 Å². The minimum Gasteiger partial charge on any atom is -0.507 e. The molecular weight excluding hydrogens is 376 g/mol. The summed E-state index contributed by atoms with van der Waals surface area (Å²) in [6.45, 7) is 3.33. The number of carbonyl (C=O) groups excluding carboxylic acids is 1. The van der Waals surface area contributed by atoms with E-state index < -0.39 is 6.04 Å². The summed E-state index contributed by atoms with van der Waals surface area (Å²) in [5.74, 6) is 1.72. The molecule has 152 valence electrons. The van der Waals surface area contributed by atoms with Gasteiger partial charge in [-0.3, -0.25) is 4.79 Å². The minimum absolute atomic E-state index is 0.0907. The van der Waals surface area contributed by atoms with E-state index in [-0.39, 0.29) is 17.7 Å². The lowest BCUT2D eigenvalue weighted by Gasteiger charge is -2.37. The van der Waals surface area contributed by atoms with Gasteiger partial charge in [-0.25, -0.2) is 4.98 Å². The Hall–Kier alpha value is -2.19. The maximum Gasteiger partial charge on any atom is 0.241 e. The Morgan fingerprint density at radius 2 is 2.25 bits per heavy atom. The van der Waals surface area contributed by atoms with Gasteiger partial charge in [-0.15, -0.1) is 0 Å². The molecule has 3 N–H and O–H groups in total. The number of imidazole rings is 1. The van der Waals surface area contributed by atoms with E-state index >= 15 is 0 Å². The van der Waals surface area contributed by atoms with E-state index in [1.165, 1.54) is 0 Å². The van der Waals surface area contributed by atoms with E-state index in [0.717, 1.165) is 25.1 Å². The first kappa shape index (κ1) is 20.5. The van der Waals surface area contributed by atoms with Gasteiger partial charge < -0.3 is 25.0 Å². The number of fused-ring (bicyclic) bond motifs is 1. The molecule has 3 rings (SSSR count). The van der Waals surface area contributed by atoms with E-state index in [2.05, 4.69) is 24.1 Å². The van der Waals surface area contributed by atoms with Crippen LogP contribution in [0.1, 0.15) is 38.1 Å². The minimum atomic E-state index is -0.619. The molecule has 1 amide bonds. The summed E-state index contributed by atoms with van der Waals surface area (Å²) in [5.41, 5.74) is 7.17. The van der Waals surface area contributed by atoms with Crippen LogP contribution in [-0.2, 0) is 11.3 Å². The van der Waals surface area contributed by atoms with Crippen molar-refractivity contribution >= 4 is 18.5 Å². The molecule has 1 aliphatic rings. The molecule has 0 spiro atoms. The van der Waals surface area contributed by atoms with Crippen molar-refractivity contribution in [3.05, 3.63) is 30.2 Å². The molecule has 7 nitrogen and oxygen atoms in total. The van der Waals surface area contributed by atoms with Crippen molar-refractivity contribution in [3.8, 4) is 22.8 Å². The molecule has 0 saturated heterocycles. The number of benzene rings is 1. The van der Waals surface area contributed by atoms with Crippen LogP contribution >= 0.6 is 12.6 Å². The maximum atomic E-state index is 12.8. The van der Waals surface area contributed by atoms with E-state index in [1.807, 2.05) is 11.1 Å². The summed E-state index contributed by atoms with van der Waals surface area (Å²) in [5, 5.41) is 10.4. The van der Waals surface area contributed by atoms with Crippen LogP contribution in [0, 0.1) is 0 Å². The molecule has 0 unspecified atom stereocenters. The molecule has 2 atom stereocenters. The van der Waals surface area contributed by atoms with Crippen molar-refractivity contribution in [3.63, 3.8) is 0 Å². The quantitative estimate of drug-likeness (QED) is 0.617. The van der Waals surface area contributed by atoms with Gasteiger partial charge in [-0.05, 0) is 18.6 Å². The van der Waals surface area contributed by atoms with Crippen LogP contribution in [0.4, 0.5) is 0 Å². The van der Waals surface area contributed by atoms with Gasteiger partial charge >= 0.3 is 0 Å². The Morgan fingerprint density at radius 3 is 2.93 bits per heavy atom. The van der Waals surface area contributed by atoms with Crippen LogP contribution in [0.5, 0.6) is 11.5 Å². The first-order valence-corrected chi connectivity index (χ1v) is 10.2. The third-order valence-corrected chi connectivity index (χ3v) is 5.57. The molecule has 1 aliphatic heterocycles. The number of phenols is 1. The van der Waals surface area contributed by atoms with Crippen LogP contribution in [0.25, 0.3) is 11.3 Å². The third-order valence-electron chi connectivity index (χ3n) is 5.17. The van der Waals surface area contributed by atoms with Crippen molar-refractivity contribution in [2.24, 2.45) is 5.73 Å². The van der Waals surface area contributed by atoms with E-state index in [0.29, 0.717) is 35.8 Å². The van der Waals surface area contributed by atoms with Gasteiger partial charge in [0.1, 0.15) is 17.3 Å². The highest BCUT2D eigenvalue weighted by atomic mass is 32.1. The van der Waals surface area contributed by atoms with Gasteiger partial charge in [0.2, 0.25) is 5.91 Å². The lowest BCUT2D eigenvalue weighted by atomic mass is 10.0. The summed E-state index contributed by atoms with van der Waals surface area (Å²) in [6.07, 6.45) is 4.74. The summed E-state index contributed by atoms with van der Waals surface area (Å²) < 4.78 is 7.48. The zero-order valence-corrected chi connectivity index (χ0v) is 17.2. The molecule has 0 saturated carbocycles. The zero-order valence-electron chi connectivity index (χ0n) is 16.3. The van der Waals surface area contributed by atoms with Gasteiger partial charge in [0.25, 0.3) is 0 Å². The fourth-order valence-corrected chi connectivity index (χ4v) is 3.85. The van der Waals surface area contributed by atoms with E-state index in [1.54, 1.807) is 25.3 Å². The molecule has 8 heteroatoms. The second-order valence-electron chi connectivity index (χ2n) is 7.01. The molecule has 2 heterocycles. The number of phenolic OH excluding ortho intramolecular Hbond substituents is 1. The predicted octanol–water partition coefficient (Wildman–Crippen LogP) is 2.59. The monoisotopic (exact) mass is 404 g/mol. The standard InChI is InChI=1S/C20H28N4O3S/c1-3-4-6-15-19-22-14(18-16(25)7-5-8-17(18)27-2)11-23(19)9-10-24(15)20(26)13(21)12-28/h5,7-8,11,13,15,25,28H,3-4,6,9-10,12,21H2,1-2H3/t13-,15-/m0/s1. The average molecular weight is 405 g/mol. The Bertz CT molecular complexity index is 839. The predicted molar refractivity (Wildman–Crippen MR) is 112 cm³/mol. The summed E-state index contributed by atoms with van der Waals surface area (Å²) in [6, 6.07) is 4.39. The van der Waals surface area contributed by atoms with E-state index in [4.69, 9.17) is 15.5 Å².